The van der Waals surface area contributed by atoms with E-state index in [0.717, 1.165) is 0 Å². The molecular formula is C20H18FN3O3. The molecule has 6 nitrogen and oxygen atoms in total. The molecule has 4 rings (SSSR count). The molecule has 0 spiro atoms. The highest BCUT2D eigenvalue weighted by molar-refractivity contribution is 5.94. The number of para-hydroxylation sites is 1. The van der Waals surface area contributed by atoms with Gasteiger partial charge >= 0.3 is 0 Å². The number of carbonyl (C=O) groups is 1. The van der Waals surface area contributed by atoms with E-state index in [1.54, 1.807) is 16.8 Å². The Bertz CT molecular complexity index is 972. The smallest absolute Gasteiger partial charge is 0.257 e. The van der Waals surface area contributed by atoms with Gasteiger partial charge in [-0.2, -0.15) is 5.10 Å². The van der Waals surface area contributed by atoms with E-state index in [9.17, 15) is 14.3 Å². The normalized spacial score (nSPS) is 13.3. The van der Waals surface area contributed by atoms with Gasteiger partial charge in [-0.05, 0) is 24.3 Å². The molecule has 0 radical (unpaired) electrons. The van der Waals surface area contributed by atoms with Crippen molar-refractivity contribution in [3.63, 3.8) is 0 Å². The van der Waals surface area contributed by atoms with Gasteiger partial charge in [-0.1, -0.05) is 30.3 Å². The second-order valence-electron chi connectivity index (χ2n) is 6.27. The van der Waals surface area contributed by atoms with Crippen LogP contribution in [0.15, 0.2) is 54.6 Å². The maximum atomic E-state index is 13.9. The number of benzene rings is 2. The number of carbonyl (C=O) groups excluding carboxylic acids is 1. The zero-order chi connectivity index (χ0) is 18.8. The summed E-state index contributed by atoms with van der Waals surface area (Å²) < 4.78 is 21.2. The molecule has 1 aromatic heterocycles. The molecular weight excluding hydrogens is 349 g/mol. The average molecular weight is 367 g/mol. The van der Waals surface area contributed by atoms with E-state index in [4.69, 9.17) is 4.74 Å². The Kier molecular flexibility index (Phi) is 4.50. The predicted octanol–water partition coefficient (Wildman–Crippen LogP) is 2.96. The number of rotatable bonds is 4. The van der Waals surface area contributed by atoms with Crippen molar-refractivity contribution in [2.75, 3.05) is 6.54 Å². The molecule has 0 saturated heterocycles. The number of aromatic hydroxyl groups is 1. The second-order valence-corrected chi connectivity index (χ2v) is 6.27. The van der Waals surface area contributed by atoms with E-state index in [0.29, 0.717) is 30.2 Å². The number of hydrogen-bond donors (Lipinski definition) is 1. The van der Waals surface area contributed by atoms with Gasteiger partial charge in [0.25, 0.3) is 5.91 Å². The van der Waals surface area contributed by atoms with Gasteiger partial charge in [0.15, 0.2) is 5.75 Å². The number of amides is 1. The highest BCUT2D eigenvalue weighted by Gasteiger charge is 2.28. The van der Waals surface area contributed by atoms with E-state index in [1.165, 1.54) is 17.0 Å². The van der Waals surface area contributed by atoms with Gasteiger partial charge in [0.2, 0.25) is 0 Å². The van der Waals surface area contributed by atoms with Crippen LogP contribution < -0.4 is 4.74 Å². The van der Waals surface area contributed by atoms with Crippen molar-refractivity contribution in [3.05, 3.63) is 77.4 Å². The molecule has 0 unspecified atom stereocenters. The van der Waals surface area contributed by atoms with Crippen molar-refractivity contribution < 1.29 is 19.0 Å². The van der Waals surface area contributed by atoms with Crippen LogP contribution in [0.5, 0.6) is 11.5 Å². The molecule has 1 amide bonds. The van der Waals surface area contributed by atoms with Gasteiger partial charge in [-0.3, -0.25) is 9.48 Å². The first-order valence-corrected chi connectivity index (χ1v) is 8.62. The lowest BCUT2D eigenvalue weighted by atomic mass is 10.1. The van der Waals surface area contributed by atoms with Crippen LogP contribution in [-0.4, -0.2) is 32.2 Å². The van der Waals surface area contributed by atoms with E-state index >= 15 is 0 Å². The summed E-state index contributed by atoms with van der Waals surface area (Å²) >= 11 is 0. The molecule has 7 heteroatoms. The number of hydrogen-bond acceptors (Lipinski definition) is 4. The van der Waals surface area contributed by atoms with Crippen LogP contribution in [-0.2, 0) is 19.7 Å². The third kappa shape index (κ3) is 3.36. The topological polar surface area (TPSA) is 67.6 Å². The summed E-state index contributed by atoms with van der Waals surface area (Å²) in [6.45, 7) is 1.10. The van der Waals surface area contributed by atoms with Crippen LogP contribution in [0.3, 0.4) is 0 Å². The molecule has 0 atom stereocenters. The third-order valence-corrected chi connectivity index (χ3v) is 4.53. The van der Waals surface area contributed by atoms with Gasteiger partial charge in [-0.15, -0.1) is 0 Å². The van der Waals surface area contributed by atoms with Crippen LogP contribution >= 0.6 is 0 Å². The van der Waals surface area contributed by atoms with Crippen LogP contribution in [0, 0.1) is 5.82 Å². The SMILES string of the molecule is O=C(c1ccccc1F)N1CCn2nc(COc3ccccc3)c(O)c2C1. The van der Waals surface area contributed by atoms with Crippen molar-refractivity contribution in [2.24, 2.45) is 0 Å². The van der Waals surface area contributed by atoms with Gasteiger partial charge in [0, 0.05) is 6.54 Å². The van der Waals surface area contributed by atoms with Crippen molar-refractivity contribution in [1.82, 2.24) is 14.7 Å². The molecule has 2 heterocycles. The predicted molar refractivity (Wildman–Crippen MR) is 95.8 cm³/mol. The van der Waals surface area contributed by atoms with E-state index in [-0.39, 0.29) is 24.5 Å². The molecule has 3 aromatic rings. The minimum atomic E-state index is -0.553. The molecule has 0 aliphatic carbocycles. The first-order chi connectivity index (χ1) is 13.1. The van der Waals surface area contributed by atoms with Crippen LogP contribution in [0.4, 0.5) is 4.39 Å². The lowest BCUT2D eigenvalue weighted by molar-refractivity contribution is 0.0699. The van der Waals surface area contributed by atoms with Crippen molar-refractivity contribution >= 4 is 5.91 Å². The summed E-state index contributed by atoms with van der Waals surface area (Å²) in [6, 6.07) is 15.1. The summed E-state index contributed by atoms with van der Waals surface area (Å²) in [4.78, 5) is 14.1. The van der Waals surface area contributed by atoms with Crippen LogP contribution in [0.25, 0.3) is 0 Å². The average Bonchev–Trinajstić information content (AvgIpc) is 3.02. The van der Waals surface area contributed by atoms with Gasteiger partial charge in [0.05, 0.1) is 18.7 Å². The van der Waals surface area contributed by atoms with Crippen molar-refractivity contribution in [1.29, 1.82) is 0 Å². The zero-order valence-electron chi connectivity index (χ0n) is 14.5. The quantitative estimate of drug-likeness (QED) is 0.770. The number of fused-ring (bicyclic) bond motifs is 1. The zero-order valence-corrected chi connectivity index (χ0v) is 14.5. The summed E-state index contributed by atoms with van der Waals surface area (Å²) in [6.07, 6.45) is 0. The van der Waals surface area contributed by atoms with Crippen molar-refractivity contribution in [2.45, 2.75) is 19.7 Å². The number of nitrogens with zero attached hydrogens (tertiary/aromatic N) is 3. The Balaban J connectivity index is 1.50. The molecule has 1 aliphatic rings. The van der Waals surface area contributed by atoms with E-state index < -0.39 is 11.7 Å². The van der Waals surface area contributed by atoms with Gasteiger partial charge in [-0.25, -0.2) is 4.39 Å². The highest BCUT2D eigenvalue weighted by Crippen LogP contribution is 2.28. The fraction of sp³-hybridized carbons (Fsp3) is 0.200. The van der Waals surface area contributed by atoms with Gasteiger partial charge < -0.3 is 14.7 Å². The molecule has 1 aliphatic heterocycles. The monoisotopic (exact) mass is 367 g/mol. The molecule has 27 heavy (non-hydrogen) atoms. The largest absolute Gasteiger partial charge is 0.504 e. The molecule has 0 saturated carbocycles. The Hall–Kier alpha value is -3.35. The Morgan fingerprint density at radius 3 is 2.63 bits per heavy atom. The first kappa shape index (κ1) is 17.1. The molecule has 0 bridgehead atoms. The summed E-state index contributed by atoms with van der Waals surface area (Å²) in [5.41, 5.74) is 0.962. The maximum absolute atomic E-state index is 13.9. The number of ether oxygens (including phenoxy) is 1. The fourth-order valence-corrected chi connectivity index (χ4v) is 3.10. The van der Waals surface area contributed by atoms with E-state index in [2.05, 4.69) is 5.10 Å². The Morgan fingerprint density at radius 2 is 1.85 bits per heavy atom. The lowest BCUT2D eigenvalue weighted by Gasteiger charge is -2.27. The standard InChI is InChI=1S/C20H18FN3O3/c21-16-9-5-4-8-15(16)20(26)23-10-11-24-18(12-23)19(25)17(22-24)13-27-14-6-2-1-3-7-14/h1-9,25H,10-13H2. The molecule has 1 N–H and O–H groups in total. The number of halogens is 1. The summed E-state index contributed by atoms with van der Waals surface area (Å²) in [5, 5.41) is 14.9. The maximum Gasteiger partial charge on any atom is 0.257 e. The minimum absolute atomic E-state index is 0.0111. The van der Waals surface area contributed by atoms with Gasteiger partial charge in [0.1, 0.15) is 29.6 Å². The lowest BCUT2D eigenvalue weighted by Crippen LogP contribution is -2.38. The summed E-state index contributed by atoms with van der Waals surface area (Å²) in [5.74, 6) is -0.263. The second kappa shape index (κ2) is 7.11. The molecule has 138 valence electrons. The van der Waals surface area contributed by atoms with E-state index in [1.807, 2.05) is 30.3 Å². The van der Waals surface area contributed by atoms with Crippen molar-refractivity contribution in [3.8, 4) is 11.5 Å². The van der Waals surface area contributed by atoms with Crippen LogP contribution in [0.2, 0.25) is 0 Å². The minimum Gasteiger partial charge on any atom is -0.504 e. The third-order valence-electron chi connectivity index (χ3n) is 4.53. The van der Waals surface area contributed by atoms with Crippen LogP contribution in [0.1, 0.15) is 21.7 Å². The number of aromatic nitrogens is 2. The fourth-order valence-electron chi connectivity index (χ4n) is 3.10. The molecule has 2 aromatic carbocycles. The first-order valence-electron chi connectivity index (χ1n) is 8.62. The Morgan fingerprint density at radius 1 is 1.11 bits per heavy atom. The summed E-state index contributed by atoms with van der Waals surface area (Å²) in [7, 11) is 0. The Labute approximate surface area is 155 Å². The highest BCUT2D eigenvalue weighted by atomic mass is 19.1. The molecule has 0 fully saturated rings.